The first-order valence-corrected chi connectivity index (χ1v) is 9.58. The average molecular weight is 361 g/mol. The number of methoxy groups -OCH3 is 2. The van der Waals surface area contributed by atoms with Gasteiger partial charge in [0.05, 0.1) is 20.6 Å². The van der Waals surface area contributed by atoms with Gasteiger partial charge in [0, 0.05) is 37.3 Å². The van der Waals surface area contributed by atoms with Gasteiger partial charge in [-0.05, 0) is 24.8 Å². The molecule has 1 amide bonds. The van der Waals surface area contributed by atoms with Gasteiger partial charge in [-0.25, -0.2) is 0 Å². The number of ether oxygens (including phenoxy) is 2. The predicted molar refractivity (Wildman–Crippen MR) is 101 cm³/mol. The van der Waals surface area contributed by atoms with Crippen molar-refractivity contribution in [3.05, 3.63) is 23.8 Å². The van der Waals surface area contributed by atoms with Gasteiger partial charge in [-0.15, -0.1) is 0 Å². The SMILES string of the molecule is COc1ccc(CC(=O)N(C)CC2NNC3CCCCCC32)c(OC)c1. The Bertz CT molecular complexity index is 622. The highest BCUT2D eigenvalue weighted by Gasteiger charge is 2.37. The normalized spacial score (nSPS) is 25.3. The van der Waals surface area contributed by atoms with E-state index in [1.807, 2.05) is 30.1 Å². The number of carbonyl (C=O) groups is 1. The molecule has 0 aromatic heterocycles. The third kappa shape index (κ3) is 4.30. The number of hydrogen-bond donors (Lipinski definition) is 2. The Morgan fingerprint density at radius 3 is 2.73 bits per heavy atom. The molecule has 1 aromatic rings. The number of rotatable bonds is 6. The van der Waals surface area contributed by atoms with Gasteiger partial charge in [0.25, 0.3) is 0 Å². The van der Waals surface area contributed by atoms with E-state index in [-0.39, 0.29) is 5.91 Å². The fourth-order valence-corrected chi connectivity index (χ4v) is 4.19. The van der Waals surface area contributed by atoms with E-state index in [9.17, 15) is 4.79 Å². The maximum atomic E-state index is 12.7. The second-order valence-corrected chi connectivity index (χ2v) is 7.43. The minimum atomic E-state index is 0.104. The van der Waals surface area contributed by atoms with E-state index in [1.54, 1.807) is 14.2 Å². The van der Waals surface area contributed by atoms with Crippen LogP contribution in [0.3, 0.4) is 0 Å². The Kier molecular flexibility index (Phi) is 6.38. The van der Waals surface area contributed by atoms with E-state index in [2.05, 4.69) is 10.9 Å². The second kappa shape index (κ2) is 8.73. The van der Waals surface area contributed by atoms with Crippen LogP contribution >= 0.6 is 0 Å². The molecule has 6 nitrogen and oxygen atoms in total. The summed E-state index contributed by atoms with van der Waals surface area (Å²) >= 11 is 0. The van der Waals surface area contributed by atoms with Gasteiger partial charge in [0.1, 0.15) is 11.5 Å². The van der Waals surface area contributed by atoms with Crippen LogP contribution in [0.5, 0.6) is 11.5 Å². The van der Waals surface area contributed by atoms with Crippen LogP contribution in [0.4, 0.5) is 0 Å². The summed E-state index contributed by atoms with van der Waals surface area (Å²) in [6.45, 7) is 0.728. The summed E-state index contributed by atoms with van der Waals surface area (Å²) in [5.41, 5.74) is 7.76. The van der Waals surface area contributed by atoms with E-state index in [4.69, 9.17) is 9.47 Å². The Morgan fingerprint density at radius 1 is 1.15 bits per heavy atom. The summed E-state index contributed by atoms with van der Waals surface area (Å²) in [6, 6.07) is 6.46. The molecule has 2 N–H and O–H groups in total. The Hall–Kier alpha value is -1.79. The molecule has 2 fully saturated rings. The standard InChI is InChI=1S/C20H31N3O3/c1-23(13-18-16-7-5-4-6-8-17(16)21-22-18)20(24)11-14-9-10-15(25-2)12-19(14)26-3/h9-10,12,16-18,21-22H,4-8,11,13H2,1-3H3. The fourth-order valence-electron chi connectivity index (χ4n) is 4.19. The van der Waals surface area contributed by atoms with Crippen LogP contribution in [0.25, 0.3) is 0 Å². The lowest BCUT2D eigenvalue weighted by molar-refractivity contribution is -0.129. The smallest absolute Gasteiger partial charge is 0.226 e. The minimum Gasteiger partial charge on any atom is -0.497 e. The molecule has 26 heavy (non-hydrogen) atoms. The summed E-state index contributed by atoms with van der Waals surface area (Å²) in [6.07, 6.45) is 6.72. The maximum absolute atomic E-state index is 12.7. The molecular formula is C20H31N3O3. The molecule has 1 saturated heterocycles. The van der Waals surface area contributed by atoms with Crippen molar-refractivity contribution < 1.29 is 14.3 Å². The van der Waals surface area contributed by atoms with Crippen molar-refractivity contribution in [1.82, 2.24) is 15.8 Å². The first-order chi connectivity index (χ1) is 12.6. The van der Waals surface area contributed by atoms with Crippen molar-refractivity contribution in [1.29, 1.82) is 0 Å². The molecule has 0 bridgehead atoms. The van der Waals surface area contributed by atoms with Crippen LogP contribution in [0.1, 0.15) is 37.7 Å². The van der Waals surface area contributed by atoms with Gasteiger partial charge >= 0.3 is 0 Å². The van der Waals surface area contributed by atoms with Gasteiger partial charge in [0.15, 0.2) is 0 Å². The second-order valence-electron chi connectivity index (χ2n) is 7.43. The van der Waals surface area contributed by atoms with Crippen molar-refractivity contribution in [2.24, 2.45) is 5.92 Å². The molecule has 1 aromatic carbocycles. The van der Waals surface area contributed by atoms with Crippen LogP contribution < -0.4 is 20.3 Å². The Labute approximate surface area is 156 Å². The summed E-state index contributed by atoms with van der Waals surface area (Å²) in [4.78, 5) is 14.6. The average Bonchev–Trinajstić information content (AvgIpc) is 2.88. The van der Waals surface area contributed by atoms with Crippen molar-refractivity contribution in [3.63, 3.8) is 0 Å². The number of benzene rings is 1. The topological polar surface area (TPSA) is 62.8 Å². The van der Waals surface area contributed by atoms with Gasteiger partial charge in [-0.2, -0.15) is 0 Å². The van der Waals surface area contributed by atoms with Crippen LogP contribution in [0.2, 0.25) is 0 Å². The lowest BCUT2D eigenvalue weighted by Gasteiger charge is -2.26. The van der Waals surface area contributed by atoms with Crippen LogP contribution in [0, 0.1) is 5.92 Å². The number of hydrogen-bond acceptors (Lipinski definition) is 5. The molecule has 1 aliphatic heterocycles. The van der Waals surface area contributed by atoms with Crippen molar-refractivity contribution >= 4 is 5.91 Å². The first-order valence-electron chi connectivity index (χ1n) is 9.58. The van der Waals surface area contributed by atoms with E-state index in [1.165, 1.54) is 32.1 Å². The maximum Gasteiger partial charge on any atom is 0.226 e. The molecular weight excluding hydrogens is 330 g/mol. The third-order valence-corrected chi connectivity index (χ3v) is 5.77. The van der Waals surface area contributed by atoms with E-state index in [0.717, 1.165) is 17.9 Å². The van der Waals surface area contributed by atoms with Crippen LogP contribution in [0.15, 0.2) is 18.2 Å². The number of likely N-dealkylation sites (N-methyl/N-ethyl adjacent to an activating group) is 1. The lowest BCUT2D eigenvalue weighted by atomic mass is 9.90. The zero-order valence-corrected chi connectivity index (χ0v) is 16.1. The largest absolute Gasteiger partial charge is 0.497 e. The predicted octanol–water partition coefficient (Wildman–Crippen LogP) is 2.13. The van der Waals surface area contributed by atoms with Gasteiger partial charge in [0.2, 0.25) is 5.91 Å². The number of fused-ring (bicyclic) bond motifs is 1. The number of nitrogens with zero attached hydrogens (tertiary/aromatic N) is 1. The highest BCUT2D eigenvalue weighted by molar-refractivity contribution is 5.79. The molecule has 6 heteroatoms. The molecule has 0 radical (unpaired) electrons. The van der Waals surface area contributed by atoms with E-state index in [0.29, 0.717) is 30.2 Å². The van der Waals surface area contributed by atoms with Crippen LogP contribution in [-0.2, 0) is 11.2 Å². The minimum absolute atomic E-state index is 0.104. The van der Waals surface area contributed by atoms with E-state index < -0.39 is 0 Å². The molecule has 3 unspecified atom stereocenters. The fraction of sp³-hybridized carbons (Fsp3) is 0.650. The van der Waals surface area contributed by atoms with Gasteiger partial charge in [-0.3, -0.25) is 15.6 Å². The third-order valence-electron chi connectivity index (χ3n) is 5.77. The first kappa shape index (κ1) is 19.0. The van der Waals surface area contributed by atoms with Gasteiger partial charge < -0.3 is 14.4 Å². The van der Waals surface area contributed by atoms with Crippen LogP contribution in [-0.4, -0.2) is 50.7 Å². The number of nitrogens with one attached hydrogen (secondary N) is 2. The van der Waals surface area contributed by atoms with Gasteiger partial charge in [-0.1, -0.05) is 25.3 Å². The zero-order chi connectivity index (χ0) is 18.5. The highest BCUT2D eigenvalue weighted by atomic mass is 16.5. The molecule has 144 valence electrons. The molecule has 1 saturated carbocycles. The molecule has 1 heterocycles. The van der Waals surface area contributed by atoms with Crippen molar-refractivity contribution in [3.8, 4) is 11.5 Å². The number of carbonyl (C=O) groups excluding carboxylic acids is 1. The molecule has 1 aliphatic carbocycles. The summed E-state index contributed by atoms with van der Waals surface area (Å²) < 4.78 is 10.6. The molecule has 0 spiro atoms. The Morgan fingerprint density at radius 2 is 1.96 bits per heavy atom. The summed E-state index contributed by atoms with van der Waals surface area (Å²) in [5, 5.41) is 0. The highest BCUT2D eigenvalue weighted by Crippen LogP contribution is 2.30. The number of amides is 1. The molecule has 2 aliphatic rings. The summed E-state index contributed by atoms with van der Waals surface area (Å²) in [7, 11) is 5.13. The molecule has 3 rings (SSSR count). The van der Waals surface area contributed by atoms with Crippen molar-refractivity contribution in [2.45, 2.75) is 50.6 Å². The zero-order valence-electron chi connectivity index (χ0n) is 16.1. The monoisotopic (exact) mass is 361 g/mol. The number of hydrazine groups is 1. The lowest BCUT2D eigenvalue weighted by Crippen LogP contribution is -2.43. The van der Waals surface area contributed by atoms with E-state index >= 15 is 0 Å². The Balaban J connectivity index is 1.60. The molecule has 3 atom stereocenters. The summed E-state index contributed by atoms with van der Waals surface area (Å²) in [5.74, 6) is 2.14. The van der Waals surface area contributed by atoms with Crippen molar-refractivity contribution in [2.75, 3.05) is 27.8 Å². The quantitative estimate of drug-likeness (QED) is 0.813.